The molecule has 1 aromatic carbocycles. The molecule has 0 spiro atoms. The number of nitrogens with zero attached hydrogens (tertiary/aromatic N) is 1. The molecule has 1 aromatic heterocycles. The van der Waals surface area contributed by atoms with Crippen LogP contribution in [0.5, 0.6) is 0 Å². The Morgan fingerprint density at radius 3 is 2.70 bits per heavy atom. The summed E-state index contributed by atoms with van der Waals surface area (Å²) in [4.78, 5) is 14.2. The molecule has 2 rings (SSSR count). The van der Waals surface area contributed by atoms with Gasteiger partial charge in [0.25, 0.3) is 5.91 Å². The van der Waals surface area contributed by atoms with Gasteiger partial charge in [0.2, 0.25) is 0 Å². The van der Waals surface area contributed by atoms with Crippen LogP contribution in [0.15, 0.2) is 41.1 Å². The molecule has 0 saturated heterocycles. The Bertz CT molecular complexity index is 569. The zero-order valence-corrected chi connectivity index (χ0v) is 13.0. The van der Waals surface area contributed by atoms with Crippen molar-refractivity contribution in [3.63, 3.8) is 0 Å². The average molecular weight is 309 g/mol. The van der Waals surface area contributed by atoms with Crippen molar-refractivity contribution in [1.82, 2.24) is 10.2 Å². The van der Waals surface area contributed by atoms with E-state index in [1.54, 1.807) is 23.5 Å². The van der Waals surface area contributed by atoms with E-state index in [0.717, 1.165) is 0 Å². The van der Waals surface area contributed by atoms with Gasteiger partial charge in [-0.15, -0.1) is 0 Å². The Hall–Kier alpha value is -1.36. The van der Waals surface area contributed by atoms with Crippen LogP contribution in [0.25, 0.3) is 0 Å². The number of likely N-dealkylation sites (N-methyl/N-ethyl adjacent to an activating group) is 1. The predicted octanol–water partition coefficient (Wildman–Crippen LogP) is 3.43. The highest BCUT2D eigenvalue weighted by atomic mass is 35.5. The normalized spacial score (nSPS) is 12.4. The molecule has 0 fully saturated rings. The van der Waals surface area contributed by atoms with Crippen LogP contribution >= 0.6 is 22.9 Å². The third-order valence-electron chi connectivity index (χ3n) is 3.13. The molecular weight excluding hydrogens is 292 g/mol. The number of hydrogen-bond acceptors (Lipinski definition) is 3. The first-order valence-corrected chi connectivity index (χ1v) is 7.63. The number of rotatable bonds is 5. The summed E-state index contributed by atoms with van der Waals surface area (Å²) in [5, 5.41) is 7.57. The second kappa shape index (κ2) is 6.88. The largest absolute Gasteiger partial charge is 0.350 e. The highest BCUT2D eigenvalue weighted by molar-refractivity contribution is 7.07. The van der Waals surface area contributed by atoms with Gasteiger partial charge in [0, 0.05) is 6.54 Å². The number of carbonyl (C=O) groups excluding carboxylic acids is 1. The second-order valence-corrected chi connectivity index (χ2v) is 5.91. The molecule has 0 aliphatic heterocycles. The summed E-state index contributed by atoms with van der Waals surface area (Å²) >= 11 is 7.68. The van der Waals surface area contributed by atoms with Crippen LogP contribution in [0.3, 0.4) is 0 Å². The van der Waals surface area contributed by atoms with Gasteiger partial charge in [-0.25, -0.2) is 0 Å². The van der Waals surface area contributed by atoms with E-state index in [2.05, 4.69) is 21.7 Å². The molecular formula is C15H17ClN2OS. The summed E-state index contributed by atoms with van der Waals surface area (Å²) in [6, 6.07) is 9.31. The number of benzene rings is 1. The number of thiophene rings is 1. The van der Waals surface area contributed by atoms with Gasteiger partial charge in [-0.1, -0.05) is 23.7 Å². The van der Waals surface area contributed by atoms with Crippen molar-refractivity contribution in [3.05, 3.63) is 57.2 Å². The molecule has 0 aliphatic carbocycles. The monoisotopic (exact) mass is 308 g/mol. The first-order valence-electron chi connectivity index (χ1n) is 6.31. The fraction of sp³-hybridized carbons (Fsp3) is 0.267. The fourth-order valence-electron chi connectivity index (χ4n) is 1.99. The van der Waals surface area contributed by atoms with Crippen LogP contribution < -0.4 is 5.32 Å². The lowest BCUT2D eigenvalue weighted by Gasteiger charge is -2.24. The van der Waals surface area contributed by atoms with Gasteiger partial charge in [-0.2, -0.15) is 11.3 Å². The molecule has 1 heterocycles. The molecule has 0 unspecified atom stereocenters. The number of amides is 1. The molecule has 0 radical (unpaired) electrons. The Labute approximate surface area is 128 Å². The number of carbonyl (C=O) groups is 1. The first kappa shape index (κ1) is 15.0. The summed E-state index contributed by atoms with van der Waals surface area (Å²) < 4.78 is 0. The van der Waals surface area contributed by atoms with Crippen molar-refractivity contribution in [3.8, 4) is 0 Å². The molecule has 1 N–H and O–H groups in total. The van der Waals surface area contributed by atoms with E-state index in [4.69, 9.17) is 11.6 Å². The molecule has 20 heavy (non-hydrogen) atoms. The lowest BCUT2D eigenvalue weighted by Crippen LogP contribution is -2.34. The zero-order chi connectivity index (χ0) is 14.5. The van der Waals surface area contributed by atoms with Gasteiger partial charge in [0.15, 0.2) is 0 Å². The quantitative estimate of drug-likeness (QED) is 0.918. The lowest BCUT2D eigenvalue weighted by atomic mass is 10.1. The Morgan fingerprint density at radius 1 is 1.35 bits per heavy atom. The van der Waals surface area contributed by atoms with E-state index in [9.17, 15) is 4.79 Å². The molecule has 1 atom stereocenters. The van der Waals surface area contributed by atoms with E-state index in [1.165, 1.54) is 5.56 Å². The van der Waals surface area contributed by atoms with Crippen LogP contribution in [0, 0.1) is 0 Å². The molecule has 3 nitrogen and oxygen atoms in total. The van der Waals surface area contributed by atoms with E-state index in [-0.39, 0.29) is 11.9 Å². The van der Waals surface area contributed by atoms with Crippen molar-refractivity contribution in [2.75, 3.05) is 20.6 Å². The molecule has 0 aliphatic rings. The van der Waals surface area contributed by atoms with Gasteiger partial charge in [0.05, 0.1) is 16.6 Å². The smallest absolute Gasteiger partial charge is 0.252 e. The van der Waals surface area contributed by atoms with Crippen molar-refractivity contribution in [2.45, 2.75) is 6.04 Å². The predicted molar refractivity (Wildman–Crippen MR) is 84.5 cm³/mol. The Balaban J connectivity index is 2.03. The summed E-state index contributed by atoms with van der Waals surface area (Å²) in [5.74, 6) is -0.141. The minimum atomic E-state index is -0.141. The van der Waals surface area contributed by atoms with Crippen LogP contribution in [0.4, 0.5) is 0 Å². The van der Waals surface area contributed by atoms with Crippen molar-refractivity contribution < 1.29 is 4.79 Å². The third-order valence-corrected chi connectivity index (χ3v) is 4.16. The summed E-state index contributed by atoms with van der Waals surface area (Å²) in [7, 11) is 4.01. The number of halogens is 1. The van der Waals surface area contributed by atoms with Crippen molar-refractivity contribution >= 4 is 28.8 Å². The van der Waals surface area contributed by atoms with E-state index >= 15 is 0 Å². The summed E-state index contributed by atoms with van der Waals surface area (Å²) in [5.41, 5.74) is 1.72. The van der Waals surface area contributed by atoms with Crippen molar-refractivity contribution in [1.29, 1.82) is 0 Å². The summed E-state index contributed by atoms with van der Waals surface area (Å²) in [6.45, 7) is 0.549. The van der Waals surface area contributed by atoms with Gasteiger partial charge >= 0.3 is 0 Å². The van der Waals surface area contributed by atoms with Crippen LogP contribution in [0.2, 0.25) is 5.02 Å². The Kier molecular flexibility index (Phi) is 5.17. The van der Waals surface area contributed by atoms with Crippen LogP contribution in [-0.4, -0.2) is 31.4 Å². The third kappa shape index (κ3) is 3.60. The lowest BCUT2D eigenvalue weighted by molar-refractivity contribution is 0.0942. The van der Waals surface area contributed by atoms with E-state index < -0.39 is 0 Å². The van der Waals surface area contributed by atoms with Gasteiger partial charge in [-0.3, -0.25) is 4.79 Å². The number of nitrogens with one attached hydrogen (secondary N) is 1. The maximum atomic E-state index is 12.2. The van der Waals surface area contributed by atoms with E-state index in [0.29, 0.717) is 17.1 Å². The minimum Gasteiger partial charge on any atom is -0.350 e. The number of hydrogen-bond donors (Lipinski definition) is 1. The van der Waals surface area contributed by atoms with Gasteiger partial charge in [0.1, 0.15) is 0 Å². The van der Waals surface area contributed by atoms with Crippen LogP contribution in [-0.2, 0) is 0 Å². The summed E-state index contributed by atoms with van der Waals surface area (Å²) in [6.07, 6.45) is 0. The standard InChI is InChI=1S/C15H17ClN2OS/c1-18(2)14(11-7-8-20-10-11)9-17-15(19)12-5-3-4-6-13(12)16/h3-8,10,14H,9H2,1-2H3,(H,17,19)/t14-/m1/s1. The van der Waals surface area contributed by atoms with Crippen molar-refractivity contribution in [2.24, 2.45) is 0 Å². The topological polar surface area (TPSA) is 32.3 Å². The maximum absolute atomic E-state index is 12.2. The average Bonchev–Trinajstić information content (AvgIpc) is 2.92. The van der Waals surface area contributed by atoms with Gasteiger partial charge < -0.3 is 10.2 Å². The van der Waals surface area contributed by atoms with Crippen LogP contribution in [0.1, 0.15) is 22.0 Å². The second-order valence-electron chi connectivity index (χ2n) is 4.73. The molecule has 106 valence electrons. The maximum Gasteiger partial charge on any atom is 0.252 e. The highest BCUT2D eigenvalue weighted by Gasteiger charge is 2.17. The SMILES string of the molecule is CN(C)[C@H](CNC(=O)c1ccccc1Cl)c1ccsc1. The Morgan fingerprint density at radius 2 is 2.10 bits per heavy atom. The van der Waals surface area contributed by atoms with E-state index in [1.807, 2.05) is 31.6 Å². The zero-order valence-electron chi connectivity index (χ0n) is 11.5. The van der Waals surface area contributed by atoms with Gasteiger partial charge in [-0.05, 0) is 48.6 Å². The molecule has 0 saturated carbocycles. The minimum absolute atomic E-state index is 0.141. The molecule has 5 heteroatoms. The highest BCUT2D eigenvalue weighted by Crippen LogP contribution is 2.20. The first-order chi connectivity index (χ1) is 9.59. The molecule has 1 amide bonds. The molecule has 0 bridgehead atoms. The fourth-order valence-corrected chi connectivity index (χ4v) is 2.92. The molecule has 2 aromatic rings.